The van der Waals surface area contributed by atoms with Gasteiger partial charge in [-0.05, 0) is 47.5 Å². The molecule has 0 fully saturated rings. The molecule has 3 aromatic carbocycles. The Bertz CT molecular complexity index is 1240. The zero-order chi connectivity index (χ0) is 23.2. The highest BCUT2D eigenvalue weighted by molar-refractivity contribution is 7.14. The second kappa shape index (κ2) is 10.5. The van der Waals surface area contributed by atoms with Crippen molar-refractivity contribution < 1.29 is 9.53 Å². The predicted molar refractivity (Wildman–Crippen MR) is 135 cm³/mol. The summed E-state index contributed by atoms with van der Waals surface area (Å²) in [4.78, 5) is 19.3. The SMILES string of the molecule is COc1cccc(-c2csc(N(C)Cc3ccc(C(=O)NCc4cccc(Cl)c4)cc3)n2)c1. The number of amides is 1. The zero-order valence-electron chi connectivity index (χ0n) is 18.4. The highest BCUT2D eigenvalue weighted by Gasteiger charge is 2.11. The number of thiazole rings is 1. The first-order valence-corrected chi connectivity index (χ1v) is 11.7. The van der Waals surface area contributed by atoms with E-state index in [9.17, 15) is 4.79 Å². The minimum absolute atomic E-state index is 0.113. The Morgan fingerprint density at radius 3 is 2.61 bits per heavy atom. The number of halogens is 1. The van der Waals surface area contributed by atoms with Crippen LogP contribution in [0.5, 0.6) is 5.75 Å². The molecule has 0 radical (unpaired) electrons. The summed E-state index contributed by atoms with van der Waals surface area (Å²) in [5.74, 6) is 0.699. The summed E-state index contributed by atoms with van der Waals surface area (Å²) in [6.45, 7) is 1.12. The largest absolute Gasteiger partial charge is 0.497 e. The fourth-order valence-corrected chi connectivity index (χ4v) is 4.40. The van der Waals surface area contributed by atoms with Gasteiger partial charge in [0.1, 0.15) is 5.75 Å². The number of hydrogen-bond donors (Lipinski definition) is 1. The molecule has 1 aromatic heterocycles. The predicted octanol–water partition coefficient (Wildman–Crippen LogP) is 6.04. The molecule has 0 saturated carbocycles. The van der Waals surface area contributed by atoms with E-state index in [1.54, 1.807) is 18.4 Å². The quantitative estimate of drug-likeness (QED) is 0.336. The summed E-state index contributed by atoms with van der Waals surface area (Å²) in [5, 5.41) is 6.56. The summed E-state index contributed by atoms with van der Waals surface area (Å²) >= 11 is 7.60. The molecule has 0 aliphatic heterocycles. The van der Waals surface area contributed by atoms with Crippen molar-refractivity contribution in [3.8, 4) is 17.0 Å². The van der Waals surface area contributed by atoms with E-state index in [-0.39, 0.29) is 5.91 Å². The Balaban J connectivity index is 1.35. The molecule has 0 atom stereocenters. The number of aromatic nitrogens is 1. The number of ether oxygens (including phenoxy) is 1. The number of rotatable bonds is 8. The average Bonchev–Trinajstić information content (AvgIpc) is 3.34. The molecule has 33 heavy (non-hydrogen) atoms. The second-order valence-corrected chi connectivity index (χ2v) is 8.89. The molecule has 0 spiro atoms. The maximum atomic E-state index is 12.5. The second-order valence-electron chi connectivity index (χ2n) is 7.61. The van der Waals surface area contributed by atoms with Gasteiger partial charge < -0.3 is 15.0 Å². The fraction of sp³-hybridized carbons (Fsp3) is 0.154. The van der Waals surface area contributed by atoms with E-state index < -0.39 is 0 Å². The molecular weight excluding hydrogens is 454 g/mol. The highest BCUT2D eigenvalue weighted by atomic mass is 35.5. The van der Waals surface area contributed by atoms with E-state index in [2.05, 4.69) is 10.2 Å². The maximum absolute atomic E-state index is 12.5. The van der Waals surface area contributed by atoms with E-state index in [0.29, 0.717) is 23.7 Å². The van der Waals surface area contributed by atoms with Crippen LogP contribution in [0.15, 0.2) is 78.2 Å². The summed E-state index contributed by atoms with van der Waals surface area (Å²) in [6, 6.07) is 23.0. The van der Waals surface area contributed by atoms with E-state index in [0.717, 1.165) is 33.3 Å². The van der Waals surface area contributed by atoms with Crippen LogP contribution >= 0.6 is 22.9 Å². The number of carbonyl (C=O) groups excluding carboxylic acids is 1. The number of hydrogen-bond acceptors (Lipinski definition) is 5. The molecule has 1 heterocycles. The third-order valence-electron chi connectivity index (χ3n) is 5.16. The lowest BCUT2D eigenvalue weighted by atomic mass is 10.1. The van der Waals surface area contributed by atoms with Crippen LogP contribution < -0.4 is 15.0 Å². The topological polar surface area (TPSA) is 54.5 Å². The number of methoxy groups -OCH3 is 1. The molecule has 4 rings (SSSR count). The van der Waals surface area contributed by atoms with E-state index in [4.69, 9.17) is 21.3 Å². The third-order valence-corrected chi connectivity index (χ3v) is 6.35. The van der Waals surface area contributed by atoms with Crippen LogP contribution in [-0.4, -0.2) is 25.0 Å². The number of carbonyl (C=O) groups is 1. The number of benzene rings is 3. The lowest BCUT2D eigenvalue weighted by molar-refractivity contribution is 0.0951. The highest BCUT2D eigenvalue weighted by Crippen LogP contribution is 2.29. The molecule has 0 unspecified atom stereocenters. The van der Waals surface area contributed by atoms with Crippen LogP contribution in [0, 0.1) is 0 Å². The van der Waals surface area contributed by atoms with Gasteiger partial charge in [-0.1, -0.05) is 48.0 Å². The number of nitrogens with zero attached hydrogens (tertiary/aromatic N) is 2. The Morgan fingerprint density at radius 1 is 1.06 bits per heavy atom. The molecule has 0 aliphatic rings. The Hall–Kier alpha value is -3.35. The van der Waals surface area contributed by atoms with Crippen molar-refractivity contribution in [2.45, 2.75) is 13.1 Å². The molecular formula is C26H24ClN3O2S. The maximum Gasteiger partial charge on any atom is 0.251 e. The minimum atomic E-state index is -0.113. The van der Waals surface area contributed by atoms with Gasteiger partial charge in [0, 0.05) is 41.7 Å². The van der Waals surface area contributed by atoms with Gasteiger partial charge in [0.2, 0.25) is 0 Å². The third kappa shape index (κ3) is 5.92. The normalized spacial score (nSPS) is 10.6. The number of anilines is 1. The molecule has 5 nitrogen and oxygen atoms in total. The van der Waals surface area contributed by atoms with Crippen LogP contribution in [0.25, 0.3) is 11.3 Å². The molecule has 7 heteroatoms. The van der Waals surface area contributed by atoms with Gasteiger partial charge in [0.25, 0.3) is 5.91 Å². The van der Waals surface area contributed by atoms with Crippen molar-refractivity contribution in [2.24, 2.45) is 0 Å². The smallest absolute Gasteiger partial charge is 0.251 e. The van der Waals surface area contributed by atoms with Crippen LogP contribution in [-0.2, 0) is 13.1 Å². The Morgan fingerprint density at radius 2 is 1.85 bits per heavy atom. The lowest BCUT2D eigenvalue weighted by Gasteiger charge is -2.16. The van der Waals surface area contributed by atoms with Crippen LogP contribution in [0.4, 0.5) is 5.13 Å². The molecule has 1 N–H and O–H groups in total. The van der Waals surface area contributed by atoms with Crippen molar-refractivity contribution in [1.82, 2.24) is 10.3 Å². The van der Waals surface area contributed by atoms with Crippen molar-refractivity contribution >= 4 is 34.0 Å². The summed E-state index contributed by atoms with van der Waals surface area (Å²) in [5.41, 5.74) is 4.64. The van der Waals surface area contributed by atoms with Gasteiger partial charge in [-0.2, -0.15) is 0 Å². The van der Waals surface area contributed by atoms with Gasteiger partial charge >= 0.3 is 0 Å². The van der Waals surface area contributed by atoms with Crippen molar-refractivity contribution in [3.05, 3.63) is 99.9 Å². The van der Waals surface area contributed by atoms with Gasteiger partial charge in [-0.3, -0.25) is 4.79 Å². The van der Waals surface area contributed by atoms with Crippen molar-refractivity contribution in [1.29, 1.82) is 0 Å². The molecule has 4 aromatic rings. The van der Waals surface area contributed by atoms with E-state index in [1.807, 2.05) is 85.2 Å². The molecule has 0 saturated heterocycles. The molecule has 0 aliphatic carbocycles. The van der Waals surface area contributed by atoms with E-state index >= 15 is 0 Å². The van der Waals surface area contributed by atoms with Crippen molar-refractivity contribution in [2.75, 3.05) is 19.1 Å². The van der Waals surface area contributed by atoms with Crippen LogP contribution in [0.2, 0.25) is 5.02 Å². The Kier molecular flexibility index (Phi) is 7.27. The fourth-order valence-electron chi connectivity index (χ4n) is 3.39. The molecule has 0 bridgehead atoms. The average molecular weight is 478 g/mol. The first-order valence-electron chi connectivity index (χ1n) is 10.4. The van der Waals surface area contributed by atoms with E-state index in [1.165, 1.54) is 0 Å². The minimum Gasteiger partial charge on any atom is -0.497 e. The zero-order valence-corrected chi connectivity index (χ0v) is 20.0. The Labute approximate surface area is 202 Å². The first-order chi connectivity index (χ1) is 16.0. The standard InChI is InChI=1S/C26H24ClN3O2S/c1-30(26-29-24(17-33-26)21-6-4-8-23(14-21)32-2)16-18-9-11-20(12-10-18)25(31)28-15-19-5-3-7-22(27)13-19/h3-14,17H,15-16H2,1-2H3,(H,28,31). The van der Waals surface area contributed by atoms with Gasteiger partial charge in [0.15, 0.2) is 5.13 Å². The summed E-state index contributed by atoms with van der Waals surface area (Å²) in [7, 11) is 3.67. The van der Waals surface area contributed by atoms with Crippen molar-refractivity contribution in [3.63, 3.8) is 0 Å². The summed E-state index contributed by atoms with van der Waals surface area (Å²) < 4.78 is 5.31. The first kappa shape index (κ1) is 22.8. The van der Waals surface area contributed by atoms with Gasteiger partial charge in [-0.15, -0.1) is 11.3 Å². The van der Waals surface area contributed by atoms with Crippen LogP contribution in [0.1, 0.15) is 21.5 Å². The lowest BCUT2D eigenvalue weighted by Crippen LogP contribution is -2.23. The molecule has 1 amide bonds. The van der Waals surface area contributed by atoms with Gasteiger partial charge in [-0.25, -0.2) is 4.98 Å². The number of nitrogens with one attached hydrogen (secondary N) is 1. The summed E-state index contributed by atoms with van der Waals surface area (Å²) in [6.07, 6.45) is 0. The molecule has 168 valence electrons. The monoisotopic (exact) mass is 477 g/mol. The van der Waals surface area contributed by atoms with Crippen LogP contribution in [0.3, 0.4) is 0 Å². The van der Waals surface area contributed by atoms with Gasteiger partial charge in [0.05, 0.1) is 12.8 Å².